The summed E-state index contributed by atoms with van der Waals surface area (Å²) in [6, 6.07) is 22.5. The van der Waals surface area contributed by atoms with Gasteiger partial charge in [0.2, 0.25) is 5.91 Å². The summed E-state index contributed by atoms with van der Waals surface area (Å²) in [6.45, 7) is 3.81. The lowest BCUT2D eigenvalue weighted by Crippen LogP contribution is -2.21. The molecule has 0 fully saturated rings. The number of hydrogen-bond donors (Lipinski definition) is 2. The fraction of sp³-hybridized carbons (Fsp3) is 0.267. The highest BCUT2D eigenvalue weighted by Crippen LogP contribution is 2.22. The summed E-state index contributed by atoms with van der Waals surface area (Å²) < 4.78 is 15.9. The largest absolute Gasteiger partial charge is 0.462 e. The van der Waals surface area contributed by atoms with Crippen molar-refractivity contribution < 1.29 is 33.4 Å². The lowest BCUT2D eigenvalue weighted by molar-refractivity contribution is -0.147. The molecule has 0 aliphatic heterocycles. The van der Waals surface area contributed by atoms with Crippen molar-refractivity contribution in [2.45, 2.75) is 33.1 Å². The van der Waals surface area contributed by atoms with Crippen LogP contribution in [-0.4, -0.2) is 37.0 Å². The van der Waals surface area contributed by atoms with Crippen molar-refractivity contribution in [3.05, 3.63) is 84.4 Å². The maximum Gasteiger partial charge on any atom is 0.338 e. The third-order valence-corrected chi connectivity index (χ3v) is 5.22. The van der Waals surface area contributed by atoms with Crippen LogP contribution in [0.2, 0.25) is 0 Å². The van der Waals surface area contributed by atoms with E-state index in [-0.39, 0.29) is 31.1 Å². The molecule has 3 rings (SSSR count). The average molecular weight is 533 g/mol. The minimum absolute atomic E-state index is 0.00709. The summed E-state index contributed by atoms with van der Waals surface area (Å²) in [4.78, 5) is 48.2. The molecule has 3 aromatic carbocycles. The second kappa shape index (κ2) is 14.9. The fourth-order valence-electron chi connectivity index (χ4n) is 3.28. The van der Waals surface area contributed by atoms with Crippen LogP contribution in [-0.2, 0) is 23.9 Å². The Hall–Kier alpha value is -4.66. The molecule has 39 heavy (non-hydrogen) atoms. The van der Waals surface area contributed by atoms with Crippen molar-refractivity contribution >= 4 is 35.1 Å². The Bertz CT molecular complexity index is 1240. The van der Waals surface area contributed by atoms with Crippen LogP contribution >= 0.6 is 0 Å². The zero-order valence-corrected chi connectivity index (χ0v) is 22.0. The number of carbonyl (C=O) groups is 4. The molecule has 0 aromatic heterocycles. The van der Waals surface area contributed by atoms with Crippen LogP contribution in [0.15, 0.2) is 78.9 Å². The van der Waals surface area contributed by atoms with Crippen molar-refractivity contribution in [1.29, 1.82) is 0 Å². The molecule has 0 saturated heterocycles. The molecule has 204 valence electrons. The standard InChI is InChI=1S/C30H32N2O7/c1-21(2)19-38-30(36)22-11-13-23(14-12-22)31-27(33)9-6-10-29(35)37-20-28(34)32-24-15-17-26(18-16-24)39-25-7-4-3-5-8-25/h3-5,7-8,11-18,21H,6,9-10,19-20H2,1-2H3,(H,31,33)(H,32,34). The molecule has 9 heteroatoms. The van der Waals surface area contributed by atoms with Gasteiger partial charge in [-0.25, -0.2) is 4.79 Å². The molecule has 9 nitrogen and oxygen atoms in total. The number of para-hydroxylation sites is 1. The lowest BCUT2D eigenvalue weighted by atomic mass is 10.2. The molecule has 0 radical (unpaired) electrons. The van der Waals surface area contributed by atoms with Gasteiger partial charge in [-0.05, 0) is 73.0 Å². The fourth-order valence-corrected chi connectivity index (χ4v) is 3.28. The predicted octanol–water partition coefficient (Wildman–Crippen LogP) is 5.58. The number of anilines is 2. The summed E-state index contributed by atoms with van der Waals surface area (Å²) in [5, 5.41) is 5.36. The van der Waals surface area contributed by atoms with Gasteiger partial charge in [-0.3, -0.25) is 14.4 Å². The Labute approximate surface area is 227 Å². The van der Waals surface area contributed by atoms with E-state index in [2.05, 4.69) is 10.6 Å². The zero-order valence-electron chi connectivity index (χ0n) is 22.0. The number of rotatable bonds is 13. The van der Waals surface area contributed by atoms with Gasteiger partial charge in [0.05, 0.1) is 12.2 Å². The second-order valence-corrected chi connectivity index (χ2v) is 9.12. The summed E-state index contributed by atoms with van der Waals surface area (Å²) in [5.74, 6) is -0.188. The first-order valence-electron chi connectivity index (χ1n) is 12.6. The number of benzene rings is 3. The summed E-state index contributed by atoms with van der Waals surface area (Å²) >= 11 is 0. The highest BCUT2D eigenvalue weighted by Gasteiger charge is 2.11. The molecule has 3 aromatic rings. The number of hydrogen-bond acceptors (Lipinski definition) is 7. The van der Waals surface area contributed by atoms with Crippen LogP contribution in [0.3, 0.4) is 0 Å². The van der Waals surface area contributed by atoms with E-state index < -0.39 is 24.5 Å². The molecule has 2 N–H and O–H groups in total. The molecule has 0 heterocycles. The lowest BCUT2D eigenvalue weighted by Gasteiger charge is -2.09. The molecular weight excluding hydrogens is 500 g/mol. The Morgan fingerprint density at radius 2 is 1.28 bits per heavy atom. The van der Waals surface area contributed by atoms with Gasteiger partial charge in [0.15, 0.2) is 6.61 Å². The Morgan fingerprint density at radius 3 is 1.92 bits per heavy atom. The van der Waals surface area contributed by atoms with Gasteiger partial charge >= 0.3 is 11.9 Å². The topological polar surface area (TPSA) is 120 Å². The van der Waals surface area contributed by atoms with E-state index in [9.17, 15) is 19.2 Å². The van der Waals surface area contributed by atoms with Gasteiger partial charge in [0.25, 0.3) is 5.91 Å². The average Bonchev–Trinajstić information content (AvgIpc) is 2.92. The van der Waals surface area contributed by atoms with Crippen LogP contribution in [0.25, 0.3) is 0 Å². The van der Waals surface area contributed by atoms with E-state index in [1.165, 1.54) is 0 Å². The Morgan fingerprint density at radius 1 is 0.692 bits per heavy atom. The van der Waals surface area contributed by atoms with Gasteiger partial charge in [-0.1, -0.05) is 32.0 Å². The third kappa shape index (κ3) is 10.7. The van der Waals surface area contributed by atoms with Crippen molar-refractivity contribution in [2.24, 2.45) is 5.92 Å². The second-order valence-electron chi connectivity index (χ2n) is 9.12. The third-order valence-electron chi connectivity index (χ3n) is 5.22. The SMILES string of the molecule is CC(C)COC(=O)c1ccc(NC(=O)CCCC(=O)OCC(=O)Nc2ccc(Oc3ccccc3)cc2)cc1. The first kappa shape index (κ1) is 28.9. The number of amides is 2. The van der Waals surface area contributed by atoms with Gasteiger partial charge in [-0.2, -0.15) is 0 Å². The molecule has 0 atom stereocenters. The van der Waals surface area contributed by atoms with Crippen LogP contribution in [0, 0.1) is 5.92 Å². The zero-order chi connectivity index (χ0) is 28.0. The molecule has 2 amide bonds. The summed E-state index contributed by atoms with van der Waals surface area (Å²) in [7, 11) is 0. The molecular formula is C30H32N2O7. The van der Waals surface area contributed by atoms with Crippen molar-refractivity contribution in [3.63, 3.8) is 0 Å². The van der Waals surface area contributed by atoms with E-state index in [1.54, 1.807) is 48.5 Å². The number of esters is 2. The van der Waals surface area contributed by atoms with E-state index in [0.29, 0.717) is 35.0 Å². The normalized spacial score (nSPS) is 10.4. The maximum atomic E-state index is 12.2. The van der Waals surface area contributed by atoms with Crippen LogP contribution in [0.4, 0.5) is 11.4 Å². The molecule has 0 bridgehead atoms. The van der Waals surface area contributed by atoms with E-state index >= 15 is 0 Å². The summed E-state index contributed by atoms with van der Waals surface area (Å²) in [5.41, 5.74) is 1.46. The van der Waals surface area contributed by atoms with Gasteiger partial charge in [-0.15, -0.1) is 0 Å². The van der Waals surface area contributed by atoms with Crippen LogP contribution in [0.1, 0.15) is 43.5 Å². The molecule has 0 aliphatic rings. The van der Waals surface area contributed by atoms with Gasteiger partial charge in [0.1, 0.15) is 11.5 Å². The Kier molecular flexibility index (Phi) is 11.1. The van der Waals surface area contributed by atoms with E-state index in [1.807, 2.05) is 44.2 Å². The van der Waals surface area contributed by atoms with Gasteiger partial charge < -0.3 is 24.8 Å². The molecule has 0 aliphatic carbocycles. The molecule has 0 saturated carbocycles. The highest BCUT2D eigenvalue weighted by atomic mass is 16.5. The minimum atomic E-state index is -0.575. The quantitative estimate of drug-likeness (QED) is 0.276. The highest BCUT2D eigenvalue weighted by molar-refractivity contribution is 5.94. The van der Waals surface area contributed by atoms with Crippen molar-refractivity contribution in [1.82, 2.24) is 0 Å². The van der Waals surface area contributed by atoms with E-state index in [4.69, 9.17) is 14.2 Å². The summed E-state index contributed by atoms with van der Waals surface area (Å²) in [6.07, 6.45) is 0.346. The van der Waals surface area contributed by atoms with Crippen molar-refractivity contribution in [3.8, 4) is 11.5 Å². The van der Waals surface area contributed by atoms with Crippen LogP contribution in [0.5, 0.6) is 11.5 Å². The van der Waals surface area contributed by atoms with E-state index in [0.717, 1.165) is 0 Å². The monoisotopic (exact) mass is 532 g/mol. The smallest absolute Gasteiger partial charge is 0.338 e. The first-order chi connectivity index (χ1) is 18.8. The maximum absolute atomic E-state index is 12.2. The van der Waals surface area contributed by atoms with Crippen molar-refractivity contribution in [2.75, 3.05) is 23.8 Å². The predicted molar refractivity (Wildman–Crippen MR) is 147 cm³/mol. The minimum Gasteiger partial charge on any atom is -0.462 e. The van der Waals surface area contributed by atoms with Crippen LogP contribution < -0.4 is 15.4 Å². The Balaban J connectivity index is 1.30. The number of carbonyl (C=O) groups excluding carboxylic acids is 4. The molecule has 0 spiro atoms. The van der Waals surface area contributed by atoms with Gasteiger partial charge in [0, 0.05) is 24.2 Å². The number of nitrogens with one attached hydrogen (secondary N) is 2. The molecule has 0 unspecified atom stereocenters. The first-order valence-corrected chi connectivity index (χ1v) is 12.6. The number of ether oxygens (including phenoxy) is 3.